The van der Waals surface area contributed by atoms with Gasteiger partial charge in [0, 0.05) is 25.6 Å². The Labute approximate surface area is 217 Å². The maximum atomic E-state index is 13.3. The summed E-state index contributed by atoms with van der Waals surface area (Å²) in [6, 6.07) is 17.5. The summed E-state index contributed by atoms with van der Waals surface area (Å²) in [5.74, 6) is -0.119. The number of ether oxygens (including phenoxy) is 1. The maximum absolute atomic E-state index is 13.3. The quantitative estimate of drug-likeness (QED) is 0.469. The number of piperidine rings is 1. The lowest BCUT2D eigenvalue weighted by molar-refractivity contribution is 0.0203. The topological polar surface area (TPSA) is 76.5 Å². The second-order valence-corrected chi connectivity index (χ2v) is 10.4. The van der Waals surface area contributed by atoms with E-state index in [9.17, 15) is 9.59 Å². The van der Waals surface area contributed by atoms with Crippen LogP contribution in [0.25, 0.3) is 5.69 Å². The molecule has 0 bridgehead atoms. The van der Waals surface area contributed by atoms with Crippen molar-refractivity contribution in [3.63, 3.8) is 0 Å². The van der Waals surface area contributed by atoms with Gasteiger partial charge in [0.1, 0.15) is 5.60 Å². The Bertz CT molecular complexity index is 1200. The van der Waals surface area contributed by atoms with Crippen LogP contribution in [0, 0.1) is 0 Å². The first kappa shape index (κ1) is 25.8. The minimum absolute atomic E-state index is 0.0392. The first-order valence-corrected chi connectivity index (χ1v) is 12.7. The number of hydrogen-bond acceptors (Lipinski definition) is 4. The number of carbonyl (C=O) groups excluding carboxylic acids is 2. The summed E-state index contributed by atoms with van der Waals surface area (Å²) in [7, 11) is 0. The van der Waals surface area contributed by atoms with Gasteiger partial charge >= 0.3 is 6.09 Å². The molecule has 0 unspecified atom stereocenters. The minimum atomic E-state index is -0.540. The zero-order chi connectivity index (χ0) is 25.7. The summed E-state index contributed by atoms with van der Waals surface area (Å²) < 4.78 is 7.32. The summed E-state index contributed by atoms with van der Waals surface area (Å²) >= 11 is 6.51. The lowest BCUT2D eigenvalue weighted by Crippen LogP contribution is -2.41. The number of amides is 2. The van der Waals surface area contributed by atoms with Gasteiger partial charge in [0.2, 0.25) is 0 Å². The van der Waals surface area contributed by atoms with Crippen molar-refractivity contribution in [2.75, 3.05) is 19.6 Å². The molecule has 1 aliphatic rings. The molecule has 190 valence electrons. The van der Waals surface area contributed by atoms with Crippen molar-refractivity contribution < 1.29 is 14.3 Å². The third kappa shape index (κ3) is 6.26. The van der Waals surface area contributed by atoms with Crippen LogP contribution < -0.4 is 5.32 Å². The molecular formula is C28H33ClN4O3. The average molecular weight is 509 g/mol. The molecule has 2 amide bonds. The van der Waals surface area contributed by atoms with Gasteiger partial charge in [-0.25, -0.2) is 9.48 Å². The molecule has 1 N–H and O–H groups in total. The fourth-order valence-electron chi connectivity index (χ4n) is 4.46. The number of likely N-dealkylation sites (tertiary alicyclic amines) is 1. The van der Waals surface area contributed by atoms with Gasteiger partial charge < -0.3 is 15.0 Å². The number of aromatic nitrogens is 2. The molecule has 0 aliphatic carbocycles. The summed E-state index contributed by atoms with van der Waals surface area (Å²) in [6.07, 6.45) is 3.45. The summed E-state index contributed by atoms with van der Waals surface area (Å²) in [4.78, 5) is 27.6. The Kier molecular flexibility index (Phi) is 7.99. The van der Waals surface area contributed by atoms with Gasteiger partial charge in [-0.2, -0.15) is 5.10 Å². The molecule has 2 heterocycles. The van der Waals surface area contributed by atoms with Crippen LogP contribution in [0.15, 0.2) is 60.8 Å². The van der Waals surface area contributed by atoms with Crippen LogP contribution >= 0.6 is 11.6 Å². The highest BCUT2D eigenvalue weighted by Crippen LogP contribution is 2.34. The second-order valence-electron chi connectivity index (χ2n) is 10.0. The fraction of sp³-hybridized carbons (Fsp3) is 0.393. The first-order valence-electron chi connectivity index (χ1n) is 12.4. The monoisotopic (exact) mass is 508 g/mol. The zero-order valence-electron chi connectivity index (χ0n) is 21.0. The average Bonchev–Trinajstić information content (AvgIpc) is 3.29. The van der Waals surface area contributed by atoms with Gasteiger partial charge in [-0.3, -0.25) is 4.79 Å². The van der Waals surface area contributed by atoms with Crippen molar-refractivity contribution >= 4 is 23.6 Å². The van der Waals surface area contributed by atoms with Crippen molar-refractivity contribution in [3.8, 4) is 5.69 Å². The van der Waals surface area contributed by atoms with Crippen molar-refractivity contribution in [3.05, 3.63) is 82.6 Å². The van der Waals surface area contributed by atoms with Crippen LogP contribution in [0.4, 0.5) is 4.79 Å². The summed E-state index contributed by atoms with van der Waals surface area (Å²) in [5.41, 5.74) is 2.72. The SMILES string of the molecule is CC(C)(C)OC(=O)N1CCC(c2c(C(=O)NCCc3ccccc3)cnn2-c2ccccc2Cl)CC1. The molecule has 36 heavy (non-hydrogen) atoms. The highest BCUT2D eigenvalue weighted by atomic mass is 35.5. The van der Waals surface area contributed by atoms with Crippen molar-refractivity contribution in [1.29, 1.82) is 0 Å². The fourth-order valence-corrected chi connectivity index (χ4v) is 4.68. The zero-order valence-corrected chi connectivity index (χ0v) is 21.8. The van der Waals surface area contributed by atoms with Gasteiger partial charge in [0.25, 0.3) is 5.91 Å². The van der Waals surface area contributed by atoms with E-state index in [0.29, 0.717) is 43.1 Å². The normalized spacial score (nSPS) is 14.5. The minimum Gasteiger partial charge on any atom is -0.444 e. The van der Waals surface area contributed by atoms with E-state index in [1.807, 2.05) is 75.4 Å². The summed E-state index contributed by atoms with van der Waals surface area (Å²) in [5, 5.41) is 8.19. The first-order chi connectivity index (χ1) is 17.2. The molecule has 0 spiro atoms. The van der Waals surface area contributed by atoms with Crippen LogP contribution in [0.2, 0.25) is 5.02 Å². The second kappa shape index (κ2) is 11.2. The largest absolute Gasteiger partial charge is 0.444 e. The number of nitrogens with one attached hydrogen (secondary N) is 1. The molecule has 7 nitrogen and oxygen atoms in total. The van der Waals surface area contributed by atoms with Gasteiger partial charge in [-0.15, -0.1) is 0 Å². The van der Waals surface area contributed by atoms with Crippen LogP contribution in [0.3, 0.4) is 0 Å². The molecular weight excluding hydrogens is 476 g/mol. The predicted octanol–water partition coefficient (Wildman–Crippen LogP) is 5.61. The predicted molar refractivity (Wildman–Crippen MR) is 141 cm³/mol. The lowest BCUT2D eigenvalue weighted by atomic mass is 9.91. The number of nitrogens with zero attached hydrogens (tertiary/aromatic N) is 3. The molecule has 2 aromatic carbocycles. The van der Waals surface area contributed by atoms with Crippen molar-refractivity contribution in [2.24, 2.45) is 0 Å². The van der Waals surface area contributed by atoms with E-state index in [4.69, 9.17) is 16.3 Å². The van der Waals surface area contributed by atoms with Crippen LogP contribution in [-0.4, -0.2) is 51.9 Å². The molecule has 1 saturated heterocycles. The number of para-hydroxylation sites is 1. The van der Waals surface area contributed by atoms with E-state index < -0.39 is 5.60 Å². The standard InChI is InChI=1S/C28H33ClN4O3/c1-28(2,3)36-27(35)32-17-14-21(15-18-32)25-22(19-31-33(25)24-12-8-7-11-23(24)29)26(34)30-16-13-20-9-5-4-6-10-20/h4-12,19,21H,13-18H2,1-3H3,(H,30,34). The molecule has 0 saturated carbocycles. The Balaban J connectivity index is 1.54. The number of carbonyl (C=O) groups is 2. The molecule has 4 rings (SSSR count). The molecule has 1 aromatic heterocycles. The summed E-state index contributed by atoms with van der Waals surface area (Å²) in [6.45, 7) is 7.20. The van der Waals surface area contributed by atoms with Crippen LogP contribution in [0.1, 0.15) is 61.1 Å². The van der Waals surface area contributed by atoms with E-state index in [0.717, 1.165) is 17.8 Å². The van der Waals surface area contributed by atoms with E-state index in [1.165, 1.54) is 5.56 Å². The smallest absolute Gasteiger partial charge is 0.410 e. The van der Waals surface area contributed by atoms with Gasteiger partial charge in [-0.05, 0) is 57.7 Å². The Morgan fingerprint density at radius 2 is 1.72 bits per heavy atom. The number of halogens is 1. The molecule has 3 aromatic rings. The number of hydrogen-bond donors (Lipinski definition) is 1. The molecule has 8 heteroatoms. The molecule has 1 fully saturated rings. The van der Waals surface area contributed by atoms with Crippen molar-refractivity contribution in [1.82, 2.24) is 20.0 Å². The third-order valence-corrected chi connectivity index (χ3v) is 6.53. The molecule has 0 radical (unpaired) electrons. The van der Waals surface area contributed by atoms with E-state index in [2.05, 4.69) is 10.4 Å². The number of rotatable bonds is 6. The lowest BCUT2D eigenvalue weighted by Gasteiger charge is -2.34. The molecule has 0 atom stereocenters. The Morgan fingerprint density at radius 3 is 2.39 bits per heavy atom. The van der Waals surface area contributed by atoms with Crippen molar-refractivity contribution in [2.45, 2.75) is 51.6 Å². The van der Waals surface area contributed by atoms with Gasteiger partial charge in [0.15, 0.2) is 0 Å². The maximum Gasteiger partial charge on any atom is 0.410 e. The Morgan fingerprint density at radius 1 is 1.06 bits per heavy atom. The van der Waals surface area contributed by atoms with E-state index >= 15 is 0 Å². The highest BCUT2D eigenvalue weighted by Gasteiger charge is 2.32. The van der Waals surface area contributed by atoms with Crippen LogP contribution in [-0.2, 0) is 11.2 Å². The van der Waals surface area contributed by atoms with E-state index in [-0.39, 0.29) is 17.9 Å². The van der Waals surface area contributed by atoms with E-state index in [1.54, 1.807) is 15.8 Å². The van der Waals surface area contributed by atoms with Gasteiger partial charge in [-0.1, -0.05) is 54.1 Å². The number of benzene rings is 2. The highest BCUT2D eigenvalue weighted by molar-refractivity contribution is 6.32. The molecule has 1 aliphatic heterocycles. The van der Waals surface area contributed by atoms with Gasteiger partial charge in [0.05, 0.1) is 28.2 Å². The third-order valence-electron chi connectivity index (χ3n) is 6.21. The van der Waals surface area contributed by atoms with Crippen LogP contribution in [0.5, 0.6) is 0 Å². The Hall–Kier alpha value is -3.32.